The first-order chi connectivity index (χ1) is 4.23. The van der Waals surface area contributed by atoms with E-state index in [1.165, 1.54) is 0 Å². The minimum absolute atomic E-state index is 0.667. The van der Waals surface area contributed by atoms with Gasteiger partial charge in [-0.1, -0.05) is 0 Å². The van der Waals surface area contributed by atoms with Gasteiger partial charge in [-0.05, 0) is 5.22 Å². The Morgan fingerprint density at radius 3 is 2.00 bits per heavy atom. The summed E-state index contributed by atoms with van der Waals surface area (Å²) in [5, 5.41) is 31.7. The Morgan fingerprint density at radius 2 is 1.89 bits per heavy atom. The normalized spacial score (nSPS) is 12.8. The monoisotopic (exact) mass is 131 g/mol. The van der Waals surface area contributed by atoms with E-state index < -0.39 is 7.32 Å². The Hall–Kier alpha value is -0.785. The molecule has 9 heavy (non-hydrogen) atoms. The van der Waals surface area contributed by atoms with Crippen molar-refractivity contribution < 1.29 is 15.1 Å². The third kappa shape index (κ3) is 11.0. The molecule has 0 unspecified atom stereocenters. The molecule has 0 fully saturated rings. The highest BCUT2D eigenvalue weighted by Gasteiger charge is 1.92. The minimum atomic E-state index is -2.17. The van der Waals surface area contributed by atoms with E-state index in [-0.39, 0.29) is 0 Å². The van der Waals surface area contributed by atoms with Gasteiger partial charge in [0.2, 0.25) is 0 Å². The molecule has 0 spiro atoms. The molecule has 0 aliphatic carbocycles. The Morgan fingerprint density at radius 1 is 1.33 bits per heavy atom. The molecule has 0 saturated carbocycles. The van der Waals surface area contributed by atoms with Gasteiger partial charge in [-0.3, -0.25) is 0 Å². The van der Waals surface area contributed by atoms with Gasteiger partial charge in [-0.25, -0.2) is 0 Å². The lowest BCUT2D eigenvalue weighted by molar-refractivity contribution is 0.278. The third-order valence-corrected chi connectivity index (χ3v) is 0.360. The van der Waals surface area contributed by atoms with Crippen LogP contribution in [-0.2, 0) is 0 Å². The van der Waals surface area contributed by atoms with Gasteiger partial charge in [0.05, 0.1) is 12.8 Å². The van der Waals surface area contributed by atoms with Crippen LogP contribution >= 0.6 is 0 Å². The summed E-state index contributed by atoms with van der Waals surface area (Å²) in [6, 6.07) is 0. The maximum Gasteiger partial charge on any atom is 0.631 e. The molecule has 1 rings (SSSR count). The van der Waals surface area contributed by atoms with E-state index in [2.05, 4.69) is 15.4 Å². The highest BCUT2D eigenvalue weighted by molar-refractivity contribution is 6.30. The Kier molecular flexibility index (Phi) is 4.89. The molecule has 1 aliphatic heterocycles. The van der Waals surface area contributed by atoms with Crippen molar-refractivity contribution in [2.24, 2.45) is 15.4 Å². The highest BCUT2D eigenvalue weighted by Crippen LogP contribution is 1.80. The van der Waals surface area contributed by atoms with Crippen LogP contribution in [0.2, 0.25) is 0 Å². The van der Waals surface area contributed by atoms with Crippen molar-refractivity contribution in [2.45, 2.75) is 0 Å². The van der Waals surface area contributed by atoms with Crippen molar-refractivity contribution >= 4 is 13.5 Å². The van der Waals surface area contributed by atoms with Crippen LogP contribution in [-0.4, -0.2) is 35.2 Å². The summed E-state index contributed by atoms with van der Waals surface area (Å²) in [6.45, 7) is 0.667. The zero-order valence-electron chi connectivity index (χ0n) is 4.55. The molecular weight excluding hydrogens is 125 g/mol. The molecule has 0 aromatic heterocycles. The Balaban J connectivity index is 0.000000148. The van der Waals surface area contributed by atoms with Crippen LogP contribution in [0, 0.1) is 0 Å². The van der Waals surface area contributed by atoms with E-state index in [0.717, 1.165) is 0 Å². The summed E-state index contributed by atoms with van der Waals surface area (Å²) in [6.07, 6.45) is 1.65. The Labute approximate surface area is 51.7 Å². The lowest BCUT2D eigenvalue weighted by atomic mass is 10.3. The van der Waals surface area contributed by atoms with E-state index in [4.69, 9.17) is 15.1 Å². The molecule has 50 valence electrons. The number of rotatable bonds is 0. The van der Waals surface area contributed by atoms with Gasteiger partial charge in [0.1, 0.15) is 0 Å². The lowest BCUT2D eigenvalue weighted by Crippen LogP contribution is -2.07. The van der Waals surface area contributed by atoms with E-state index in [9.17, 15) is 0 Å². The second kappa shape index (κ2) is 5.35. The average Bonchev–Trinajstić information content (AvgIpc) is 2.11. The van der Waals surface area contributed by atoms with Crippen LogP contribution in [0.25, 0.3) is 0 Å². The van der Waals surface area contributed by atoms with Crippen molar-refractivity contribution in [3.8, 4) is 0 Å². The highest BCUT2D eigenvalue weighted by atomic mass is 16.5. The van der Waals surface area contributed by atoms with E-state index in [1.54, 1.807) is 6.21 Å². The first kappa shape index (κ1) is 8.21. The summed E-state index contributed by atoms with van der Waals surface area (Å²) < 4.78 is 0. The van der Waals surface area contributed by atoms with Crippen LogP contribution in [0.15, 0.2) is 15.4 Å². The standard InChI is InChI=1S/C2H3N3.BH3O3/c1-2-4-5-3-1;2-1(3)4/h1H,2H2;2-4H. The topological polar surface area (TPSA) is 97.8 Å². The summed E-state index contributed by atoms with van der Waals surface area (Å²) >= 11 is 0. The smallest absolute Gasteiger partial charge is 0.402 e. The zero-order chi connectivity index (χ0) is 7.11. The van der Waals surface area contributed by atoms with Gasteiger partial charge in [0.25, 0.3) is 0 Å². The second-order valence-corrected chi connectivity index (χ2v) is 1.06. The van der Waals surface area contributed by atoms with Gasteiger partial charge in [0, 0.05) is 0 Å². The summed E-state index contributed by atoms with van der Waals surface area (Å²) in [4.78, 5) is 0. The molecule has 0 amide bonds. The van der Waals surface area contributed by atoms with Crippen LogP contribution in [0.1, 0.15) is 0 Å². The van der Waals surface area contributed by atoms with Gasteiger partial charge >= 0.3 is 7.32 Å². The van der Waals surface area contributed by atoms with Crippen LogP contribution in [0.4, 0.5) is 0 Å². The van der Waals surface area contributed by atoms with Gasteiger partial charge < -0.3 is 15.1 Å². The van der Waals surface area contributed by atoms with Crippen molar-refractivity contribution in [2.75, 3.05) is 6.54 Å². The molecule has 0 aromatic rings. The fourth-order valence-electron chi connectivity index (χ4n) is 0.183. The molecule has 3 N–H and O–H groups in total. The molecule has 1 aliphatic rings. The number of hydrogen-bond acceptors (Lipinski definition) is 6. The lowest BCUT2D eigenvalue weighted by Gasteiger charge is -1.69. The zero-order valence-corrected chi connectivity index (χ0v) is 4.55. The summed E-state index contributed by atoms with van der Waals surface area (Å²) in [7, 11) is -2.17. The molecule has 7 heteroatoms. The SMILES string of the molecule is C1=NN=NC1.OB(O)O. The fraction of sp³-hybridized carbons (Fsp3) is 0.500. The summed E-state index contributed by atoms with van der Waals surface area (Å²) in [5.74, 6) is 0. The van der Waals surface area contributed by atoms with Gasteiger partial charge in [-0.2, -0.15) is 5.11 Å². The van der Waals surface area contributed by atoms with Crippen LogP contribution < -0.4 is 0 Å². The van der Waals surface area contributed by atoms with Crippen LogP contribution in [0.5, 0.6) is 0 Å². The summed E-state index contributed by atoms with van der Waals surface area (Å²) in [5.41, 5.74) is 0. The predicted molar refractivity (Wildman–Crippen MR) is 30.6 cm³/mol. The molecule has 0 radical (unpaired) electrons. The van der Waals surface area contributed by atoms with Crippen molar-refractivity contribution in [3.05, 3.63) is 0 Å². The molecule has 1 heterocycles. The van der Waals surface area contributed by atoms with E-state index in [1.807, 2.05) is 0 Å². The maximum absolute atomic E-state index is 7.17. The van der Waals surface area contributed by atoms with Gasteiger partial charge in [-0.15, -0.1) is 5.10 Å². The fourth-order valence-corrected chi connectivity index (χ4v) is 0.183. The molecule has 0 saturated heterocycles. The second-order valence-electron chi connectivity index (χ2n) is 1.06. The largest absolute Gasteiger partial charge is 0.631 e. The van der Waals surface area contributed by atoms with E-state index in [0.29, 0.717) is 6.54 Å². The number of nitrogens with zero attached hydrogens (tertiary/aromatic N) is 3. The first-order valence-corrected chi connectivity index (χ1v) is 2.16. The Bertz CT molecular complexity index is 101. The average molecular weight is 131 g/mol. The maximum atomic E-state index is 7.17. The van der Waals surface area contributed by atoms with Gasteiger partial charge in [0.15, 0.2) is 0 Å². The molecule has 0 bridgehead atoms. The molecular formula is C2H6BN3O3. The molecule has 0 aromatic carbocycles. The van der Waals surface area contributed by atoms with E-state index >= 15 is 0 Å². The quantitative estimate of drug-likeness (QED) is 0.344. The molecule has 0 atom stereocenters. The minimum Gasteiger partial charge on any atom is -0.402 e. The predicted octanol–water partition coefficient (Wildman–Crippen LogP) is -1.61. The first-order valence-electron chi connectivity index (χ1n) is 2.16. The number of hydrogen-bond donors (Lipinski definition) is 3. The molecule has 6 nitrogen and oxygen atoms in total. The third-order valence-electron chi connectivity index (χ3n) is 0.360. The van der Waals surface area contributed by atoms with Crippen molar-refractivity contribution in [1.82, 2.24) is 0 Å². The van der Waals surface area contributed by atoms with Crippen molar-refractivity contribution in [1.29, 1.82) is 0 Å². The van der Waals surface area contributed by atoms with Crippen molar-refractivity contribution in [3.63, 3.8) is 0 Å². The van der Waals surface area contributed by atoms with Crippen LogP contribution in [0.3, 0.4) is 0 Å².